The van der Waals surface area contributed by atoms with Crippen molar-refractivity contribution in [2.24, 2.45) is 0 Å². The SMILES string of the molecule is CCC(C)(C)Nc1nc(C)cn1CCCOC. The van der Waals surface area contributed by atoms with E-state index in [0.717, 1.165) is 37.6 Å². The van der Waals surface area contributed by atoms with E-state index in [1.54, 1.807) is 7.11 Å². The molecular formula is C13H25N3O. The van der Waals surface area contributed by atoms with Crippen LogP contribution in [-0.2, 0) is 11.3 Å². The van der Waals surface area contributed by atoms with Crippen molar-refractivity contribution < 1.29 is 4.74 Å². The molecule has 0 aliphatic carbocycles. The van der Waals surface area contributed by atoms with Crippen LogP contribution in [0, 0.1) is 6.92 Å². The molecule has 17 heavy (non-hydrogen) atoms. The third-order valence-electron chi connectivity index (χ3n) is 2.98. The molecule has 1 N–H and O–H groups in total. The zero-order chi connectivity index (χ0) is 12.9. The molecule has 0 fully saturated rings. The van der Waals surface area contributed by atoms with E-state index in [0.29, 0.717) is 0 Å². The Labute approximate surface area is 104 Å². The molecule has 0 saturated carbocycles. The number of aromatic nitrogens is 2. The number of methoxy groups -OCH3 is 1. The Morgan fingerprint density at radius 3 is 2.76 bits per heavy atom. The van der Waals surface area contributed by atoms with Crippen LogP contribution in [0.4, 0.5) is 5.95 Å². The highest BCUT2D eigenvalue weighted by molar-refractivity contribution is 5.32. The largest absolute Gasteiger partial charge is 0.385 e. The lowest BCUT2D eigenvalue weighted by Gasteiger charge is -2.25. The average molecular weight is 239 g/mol. The molecule has 1 heterocycles. The molecule has 98 valence electrons. The van der Waals surface area contributed by atoms with Crippen molar-refractivity contribution in [1.82, 2.24) is 9.55 Å². The highest BCUT2D eigenvalue weighted by Gasteiger charge is 2.17. The zero-order valence-corrected chi connectivity index (χ0v) is 11.7. The van der Waals surface area contributed by atoms with E-state index in [9.17, 15) is 0 Å². The monoisotopic (exact) mass is 239 g/mol. The molecular weight excluding hydrogens is 214 g/mol. The third kappa shape index (κ3) is 4.38. The van der Waals surface area contributed by atoms with Crippen molar-refractivity contribution in [2.45, 2.75) is 52.6 Å². The lowest BCUT2D eigenvalue weighted by atomic mass is 10.0. The van der Waals surface area contributed by atoms with Gasteiger partial charge in [-0.15, -0.1) is 0 Å². The lowest BCUT2D eigenvalue weighted by molar-refractivity contribution is 0.190. The van der Waals surface area contributed by atoms with Crippen LogP contribution in [0.2, 0.25) is 0 Å². The van der Waals surface area contributed by atoms with Crippen LogP contribution in [0.15, 0.2) is 6.20 Å². The van der Waals surface area contributed by atoms with Crippen LogP contribution in [-0.4, -0.2) is 28.8 Å². The molecule has 0 radical (unpaired) electrons. The first-order valence-electron chi connectivity index (χ1n) is 6.29. The smallest absolute Gasteiger partial charge is 0.203 e. The third-order valence-corrected chi connectivity index (χ3v) is 2.98. The maximum atomic E-state index is 5.08. The summed E-state index contributed by atoms with van der Waals surface area (Å²) in [6.45, 7) is 10.3. The van der Waals surface area contributed by atoms with E-state index >= 15 is 0 Å². The van der Waals surface area contributed by atoms with E-state index in [2.05, 4.69) is 41.8 Å². The van der Waals surface area contributed by atoms with Crippen molar-refractivity contribution in [1.29, 1.82) is 0 Å². The van der Waals surface area contributed by atoms with Crippen molar-refractivity contribution in [2.75, 3.05) is 19.0 Å². The molecule has 4 nitrogen and oxygen atoms in total. The summed E-state index contributed by atoms with van der Waals surface area (Å²) in [5.41, 5.74) is 1.13. The summed E-state index contributed by atoms with van der Waals surface area (Å²) in [5, 5.41) is 3.50. The minimum absolute atomic E-state index is 0.0802. The number of rotatable bonds is 7. The number of aryl methyl sites for hydroxylation is 2. The van der Waals surface area contributed by atoms with Gasteiger partial charge in [-0.25, -0.2) is 4.98 Å². The Balaban J connectivity index is 2.70. The maximum Gasteiger partial charge on any atom is 0.203 e. The number of ether oxygens (including phenoxy) is 1. The predicted octanol–water partition coefficient (Wildman–Crippen LogP) is 2.83. The number of imidazole rings is 1. The summed E-state index contributed by atoms with van der Waals surface area (Å²) in [6.07, 6.45) is 4.16. The molecule has 0 saturated heterocycles. The molecule has 0 aliphatic heterocycles. The zero-order valence-electron chi connectivity index (χ0n) is 11.7. The van der Waals surface area contributed by atoms with Crippen LogP contribution in [0.5, 0.6) is 0 Å². The molecule has 0 spiro atoms. The lowest BCUT2D eigenvalue weighted by Crippen LogP contribution is -2.31. The molecule has 0 aliphatic rings. The first kappa shape index (κ1) is 14.0. The average Bonchev–Trinajstić information content (AvgIpc) is 2.59. The van der Waals surface area contributed by atoms with Gasteiger partial charge in [-0.2, -0.15) is 0 Å². The predicted molar refractivity (Wildman–Crippen MR) is 71.4 cm³/mol. The topological polar surface area (TPSA) is 39.1 Å². The summed E-state index contributed by atoms with van der Waals surface area (Å²) in [5.74, 6) is 0.963. The summed E-state index contributed by atoms with van der Waals surface area (Å²) in [7, 11) is 1.73. The second kappa shape index (κ2) is 6.05. The Morgan fingerprint density at radius 1 is 1.47 bits per heavy atom. The van der Waals surface area contributed by atoms with Crippen molar-refractivity contribution in [3.05, 3.63) is 11.9 Å². The van der Waals surface area contributed by atoms with Crippen LogP contribution >= 0.6 is 0 Å². The molecule has 1 aromatic rings. The summed E-state index contributed by atoms with van der Waals surface area (Å²) in [4.78, 5) is 4.53. The number of hydrogen-bond donors (Lipinski definition) is 1. The molecule has 4 heteroatoms. The number of anilines is 1. The standard InChI is InChI=1S/C13H25N3O/c1-6-13(3,4)15-12-14-11(2)10-16(12)8-7-9-17-5/h10H,6-9H2,1-5H3,(H,14,15). The van der Waals surface area contributed by atoms with E-state index in [1.807, 2.05) is 6.92 Å². The van der Waals surface area contributed by atoms with Gasteiger partial charge in [-0.3, -0.25) is 0 Å². The van der Waals surface area contributed by atoms with Gasteiger partial charge in [0.1, 0.15) is 0 Å². The molecule has 0 bridgehead atoms. The van der Waals surface area contributed by atoms with Gasteiger partial charge in [0.25, 0.3) is 0 Å². The number of hydrogen-bond acceptors (Lipinski definition) is 3. The molecule has 0 aromatic carbocycles. The first-order valence-corrected chi connectivity index (χ1v) is 6.29. The van der Waals surface area contributed by atoms with Crippen LogP contribution in [0.3, 0.4) is 0 Å². The van der Waals surface area contributed by atoms with Gasteiger partial charge in [0.15, 0.2) is 0 Å². The number of nitrogens with zero attached hydrogens (tertiary/aromatic N) is 2. The van der Waals surface area contributed by atoms with Gasteiger partial charge in [0.05, 0.1) is 5.69 Å². The summed E-state index contributed by atoms with van der Waals surface area (Å²) in [6, 6.07) is 0. The van der Waals surface area contributed by atoms with E-state index in [-0.39, 0.29) is 5.54 Å². The fourth-order valence-corrected chi connectivity index (χ4v) is 1.59. The van der Waals surface area contributed by atoms with Gasteiger partial charge in [-0.05, 0) is 33.6 Å². The highest BCUT2D eigenvalue weighted by atomic mass is 16.5. The van der Waals surface area contributed by atoms with Crippen molar-refractivity contribution in [3.63, 3.8) is 0 Å². The molecule has 1 rings (SSSR count). The normalized spacial score (nSPS) is 11.8. The molecule has 0 amide bonds. The van der Waals surface area contributed by atoms with Crippen LogP contribution < -0.4 is 5.32 Å². The fraction of sp³-hybridized carbons (Fsp3) is 0.769. The second-order valence-electron chi connectivity index (χ2n) is 5.11. The molecule has 0 unspecified atom stereocenters. The number of nitrogens with one attached hydrogen (secondary N) is 1. The fourth-order valence-electron chi connectivity index (χ4n) is 1.59. The minimum Gasteiger partial charge on any atom is -0.385 e. The first-order chi connectivity index (χ1) is 7.98. The van der Waals surface area contributed by atoms with Gasteiger partial charge in [0.2, 0.25) is 5.95 Å². The van der Waals surface area contributed by atoms with Gasteiger partial charge in [0, 0.05) is 32.0 Å². The Kier molecular flexibility index (Phi) is 5.00. The maximum absolute atomic E-state index is 5.08. The quantitative estimate of drug-likeness (QED) is 0.744. The Hall–Kier alpha value is -1.03. The molecule has 0 atom stereocenters. The van der Waals surface area contributed by atoms with Crippen LogP contribution in [0.25, 0.3) is 0 Å². The van der Waals surface area contributed by atoms with Crippen molar-refractivity contribution >= 4 is 5.95 Å². The Morgan fingerprint density at radius 2 is 2.18 bits per heavy atom. The molecule has 1 aromatic heterocycles. The van der Waals surface area contributed by atoms with E-state index < -0.39 is 0 Å². The van der Waals surface area contributed by atoms with Gasteiger partial charge in [-0.1, -0.05) is 6.92 Å². The van der Waals surface area contributed by atoms with Gasteiger partial charge >= 0.3 is 0 Å². The van der Waals surface area contributed by atoms with E-state index in [1.165, 1.54) is 0 Å². The Bertz CT molecular complexity index is 344. The van der Waals surface area contributed by atoms with Gasteiger partial charge < -0.3 is 14.6 Å². The van der Waals surface area contributed by atoms with Crippen molar-refractivity contribution in [3.8, 4) is 0 Å². The summed E-state index contributed by atoms with van der Waals surface area (Å²) >= 11 is 0. The second-order valence-corrected chi connectivity index (χ2v) is 5.11. The van der Waals surface area contributed by atoms with E-state index in [4.69, 9.17) is 4.74 Å². The van der Waals surface area contributed by atoms with Crippen LogP contribution in [0.1, 0.15) is 39.3 Å². The highest BCUT2D eigenvalue weighted by Crippen LogP contribution is 2.18. The minimum atomic E-state index is 0.0802. The summed E-state index contributed by atoms with van der Waals surface area (Å²) < 4.78 is 7.25.